The second-order valence-electron chi connectivity index (χ2n) is 11.4. The van der Waals surface area contributed by atoms with Crippen molar-refractivity contribution in [2.45, 2.75) is 76.9 Å². The number of benzene rings is 3. The van der Waals surface area contributed by atoms with Gasteiger partial charge < -0.3 is 15.0 Å². The molecule has 3 aromatic rings. The van der Waals surface area contributed by atoms with Crippen molar-refractivity contribution in [2.75, 3.05) is 6.61 Å². The fourth-order valence-electron chi connectivity index (χ4n) is 5.01. The minimum Gasteiger partial charge on any atom is -0.484 e. The lowest BCUT2D eigenvalue weighted by molar-refractivity contribution is -0.143. The topological polar surface area (TPSA) is 58.6 Å². The molecule has 39 heavy (non-hydrogen) atoms. The number of nitrogens with zero attached hydrogens (tertiary/aromatic N) is 1. The molecule has 0 spiro atoms. The van der Waals surface area contributed by atoms with E-state index in [1.165, 1.54) is 11.0 Å². The van der Waals surface area contributed by atoms with Crippen molar-refractivity contribution in [2.24, 2.45) is 0 Å². The standard InChI is InChI=1S/C33H39FN2O3/c1-33(2,3)26-17-19-28(20-18-26)39-23-31(37)36(22-25-13-7-10-16-29(25)34)30(21-24-11-5-4-6-12-24)32(38)35-27-14-8-9-15-27/h4-7,10-13,16-20,27,30H,8-9,14-15,21-23H2,1-3H3,(H,35,38)/t30-/m0/s1. The minimum atomic E-state index is -0.813. The zero-order valence-electron chi connectivity index (χ0n) is 23.2. The highest BCUT2D eigenvalue weighted by Crippen LogP contribution is 2.25. The Bertz CT molecular complexity index is 1230. The molecule has 1 saturated carbocycles. The molecular weight excluding hydrogens is 491 g/mol. The third-order valence-electron chi connectivity index (χ3n) is 7.35. The van der Waals surface area contributed by atoms with Crippen LogP contribution in [0.5, 0.6) is 5.75 Å². The van der Waals surface area contributed by atoms with Gasteiger partial charge in [-0.3, -0.25) is 9.59 Å². The Morgan fingerprint density at radius 1 is 0.949 bits per heavy atom. The van der Waals surface area contributed by atoms with Crippen molar-refractivity contribution in [1.29, 1.82) is 0 Å². The average molecular weight is 531 g/mol. The highest BCUT2D eigenvalue weighted by atomic mass is 19.1. The maximum absolute atomic E-state index is 14.7. The third kappa shape index (κ3) is 7.92. The van der Waals surface area contributed by atoms with Gasteiger partial charge in [-0.1, -0.05) is 94.3 Å². The summed E-state index contributed by atoms with van der Waals surface area (Å²) in [5.41, 5.74) is 2.44. The molecule has 1 aliphatic rings. The molecule has 1 fully saturated rings. The normalized spacial score (nSPS) is 14.6. The summed E-state index contributed by atoms with van der Waals surface area (Å²) < 4.78 is 20.6. The first-order chi connectivity index (χ1) is 18.7. The number of nitrogens with one attached hydrogen (secondary N) is 1. The summed E-state index contributed by atoms with van der Waals surface area (Å²) in [6.07, 6.45) is 4.33. The molecule has 206 valence electrons. The van der Waals surface area contributed by atoms with Gasteiger partial charge in [-0.05, 0) is 47.6 Å². The first-order valence-electron chi connectivity index (χ1n) is 13.8. The fourth-order valence-corrected chi connectivity index (χ4v) is 5.01. The number of rotatable bonds is 10. The summed E-state index contributed by atoms with van der Waals surface area (Å²) in [5, 5.41) is 3.16. The minimum absolute atomic E-state index is 0.00223. The van der Waals surface area contributed by atoms with Crippen molar-refractivity contribution >= 4 is 11.8 Å². The van der Waals surface area contributed by atoms with Crippen LogP contribution in [0.4, 0.5) is 4.39 Å². The maximum Gasteiger partial charge on any atom is 0.261 e. The van der Waals surface area contributed by atoms with E-state index in [1.54, 1.807) is 18.2 Å². The van der Waals surface area contributed by atoms with Crippen molar-refractivity contribution in [1.82, 2.24) is 10.2 Å². The molecule has 0 aliphatic heterocycles. The van der Waals surface area contributed by atoms with E-state index < -0.39 is 11.9 Å². The molecule has 2 amide bonds. The van der Waals surface area contributed by atoms with E-state index in [4.69, 9.17) is 4.74 Å². The van der Waals surface area contributed by atoms with Crippen LogP contribution in [0.1, 0.15) is 63.1 Å². The van der Waals surface area contributed by atoms with Crippen LogP contribution in [-0.2, 0) is 28.0 Å². The molecular formula is C33H39FN2O3. The highest BCUT2D eigenvalue weighted by Gasteiger charge is 2.33. The van der Waals surface area contributed by atoms with Crippen LogP contribution in [-0.4, -0.2) is 35.4 Å². The van der Waals surface area contributed by atoms with Crippen LogP contribution < -0.4 is 10.1 Å². The zero-order chi connectivity index (χ0) is 27.8. The summed E-state index contributed by atoms with van der Waals surface area (Å²) in [4.78, 5) is 28.9. The first kappa shape index (κ1) is 28.3. The molecule has 0 bridgehead atoms. The molecule has 0 aromatic heterocycles. The SMILES string of the molecule is CC(C)(C)c1ccc(OCC(=O)N(Cc2ccccc2F)[C@@H](Cc2ccccc2)C(=O)NC2CCCC2)cc1. The lowest BCUT2D eigenvalue weighted by Crippen LogP contribution is -2.53. The van der Waals surface area contributed by atoms with Crippen LogP contribution in [0.25, 0.3) is 0 Å². The van der Waals surface area contributed by atoms with E-state index in [2.05, 4.69) is 26.1 Å². The molecule has 5 nitrogen and oxygen atoms in total. The zero-order valence-corrected chi connectivity index (χ0v) is 23.2. The van der Waals surface area contributed by atoms with Gasteiger partial charge >= 0.3 is 0 Å². The number of hydrogen-bond acceptors (Lipinski definition) is 3. The maximum atomic E-state index is 14.7. The molecule has 1 aliphatic carbocycles. The lowest BCUT2D eigenvalue weighted by Gasteiger charge is -2.32. The van der Waals surface area contributed by atoms with Gasteiger partial charge in [-0.15, -0.1) is 0 Å². The summed E-state index contributed by atoms with van der Waals surface area (Å²) in [6, 6.07) is 23.0. The molecule has 1 atom stereocenters. The van der Waals surface area contributed by atoms with E-state index in [0.29, 0.717) is 17.7 Å². The summed E-state index contributed by atoms with van der Waals surface area (Å²) in [5.74, 6) is -0.438. The molecule has 0 saturated heterocycles. The molecule has 6 heteroatoms. The molecule has 1 N–H and O–H groups in total. The largest absolute Gasteiger partial charge is 0.484 e. The van der Waals surface area contributed by atoms with Gasteiger partial charge in [0.25, 0.3) is 5.91 Å². The van der Waals surface area contributed by atoms with Crippen molar-refractivity contribution in [3.8, 4) is 5.75 Å². The predicted octanol–water partition coefficient (Wildman–Crippen LogP) is 6.20. The van der Waals surface area contributed by atoms with Gasteiger partial charge in [-0.25, -0.2) is 4.39 Å². The quantitative estimate of drug-likeness (QED) is 0.340. The highest BCUT2D eigenvalue weighted by molar-refractivity contribution is 5.88. The number of hydrogen-bond donors (Lipinski definition) is 1. The lowest BCUT2D eigenvalue weighted by atomic mass is 9.87. The first-order valence-corrected chi connectivity index (χ1v) is 13.8. The van der Waals surface area contributed by atoms with E-state index in [9.17, 15) is 14.0 Å². The van der Waals surface area contributed by atoms with Crippen molar-refractivity contribution < 1.29 is 18.7 Å². The summed E-state index contributed by atoms with van der Waals surface area (Å²) in [6.45, 7) is 6.11. The van der Waals surface area contributed by atoms with E-state index in [0.717, 1.165) is 36.8 Å². The number of halogens is 1. The molecule has 3 aromatic carbocycles. The van der Waals surface area contributed by atoms with Gasteiger partial charge in [0.05, 0.1) is 0 Å². The van der Waals surface area contributed by atoms with Gasteiger partial charge in [-0.2, -0.15) is 0 Å². The predicted molar refractivity (Wildman–Crippen MR) is 152 cm³/mol. The molecule has 4 rings (SSSR count). The third-order valence-corrected chi connectivity index (χ3v) is 7.35. The van der Waals surface area contributed by atoms with E-state index in [1.807, 2.05) is 54.6 Å². The number of carbonyl (C=O) groups is 2. The Balaban J connectivity index is 1.59. The monoisotopic (exact) mass is 530 g/mol. The Morgan fingerprint density at radius 3 is 2.23 bits per heavy atom. The van der Waals surface area contributed by atoms with Gasteiger partial charge in [0, 0.05) is 24.6 Å². The van der Waals surface area contributed by atoms with Crippen molar-refractivity contribution in [3.05, 3.63) is 101 Å². The average Bonchev–Trinajstić information content (AvgIpc) is 3.43. The van der Waals surface area contributed by atoms with E-state index >= 15 is 0 Å². The second kappa shape index (κ2) is 12.9. The number of amides is 2. The Morgan fingerprint density at radius 2 is 1.59 bits per heavy atom. The van der Waals surface area contributed by atoms with E-state index in [-0.39, 0.29) is 36.4 Å². The van der Waals surface area contributed by atoms with Crippen LogP contribution in [0.15, 0.2) is 78.9 Å². The van der Waals surface area contributed by atoms with Gasteiger partial charge in [0.2, 0.25) is 5.91 Å². The van der Waals surface area contributed by atoms with Crippen LogP contribution >= 0.6 is 0 Å². The number of ether oxygens (including phenoxy) is 1. The van der Waals surface area contributed by atoms with Crippen LogP contribution in [0, 0.1) is 5.82 Å². The molecule has 0 radical (unpaired) electrons. The summed E-state index contributed by atoms with van der Waals surface area (Å²) >= 11 is 0. The van der Waals surface area contributed by atoms with Crippen LogP contribution in [0.3, 0.4) is 0 Å². The Hall–Kier alpha value is -3.67. The van der Waals surface area contributed by atoms with Crippen molar-refractivity contribution in [3.63, 3.8) is 0 Å². The fraction of sp³-hybridized carbons (Fsp3) is 0.394. The Labute approximate surface area is 231 Å². The molecule has 0 unspecified atom stereocenters. The smallest absolute Gasteiger partial charge is 0.261 e. The Kier molecular flexibility index (Phi) is 9.39. The summed E-state index contributed by atoms with van der Waals surface area (Å²) in [7, 11) is 0. The molecule has 0 heterocycles. The number of carbonyl (C=O) groups excluding carboxylic acids is 2. The second-order valence-corrected chi connectivity index (χ2v) is 11.4. The van der Waals surface area contributed by atoms with Crippen LogP contribution in [0.2, 0.25) is 0 Å². The van der Waals surface area contributed by atoms with Gasteiger partial charge in [0.15, 0.2) is 6.61 Å². The van der Waals surface area contributed by atoms with Gasteiger partial charge in [0.1, 0.15) is 17.6 Å².